The highest BCUT2D eigenvalue weighted by Gasteiger charge is 2.63. The molecule has 3 heterocycles. The summed E-state index contributed by atoms with van der Waals surface area (Å²) in [5.41, 5.74) is 0.687. The second kappa shape index (κ2) is 16.2. The molecule has 0 radical (unpaired) electrons. The van der Waals surface area contributed by atoms with Gasteiger partial charge in [0, 0.05) is 66.9 Å². The van der Waals surface area contributed by atoms with Crippen LogP contribution >= 0.6 is 0 Å². The normalized spacial score (nSPS) is 23.8. The number of thiol groups is 1. The zero-order valence-corrected chi connectivity index (χ0v) is 33.1. The fourth-order valence-corrected chi connectivity index (χ4v) is 9.03. The number of fused-ring (bicyclic) bond motifs is 1. The van der Waals surface area contributed by atoms with Crippen molar-refractivity contribution in [1.82, 2.24) is 24.4 Å². The topological polar surface area (TPSA) is 156 Å². The molecule has 3 aromatic rings. The van der Waals surface area contributed by atoms with Crippen LogP contribution in [-0.4, -0.2) is 102 Å². The number of ether oxygens (including phenoxy) is 2. The average Bonchev–Trinajstić information content (AvgIpc) is 4.13. The molecule has 2 aliphatic heterocycles. The number of hydrogen-bond acceptors (Lipinski definition) is 9. The van der Waals surface area contributed by atoms with E-state index in [1.54, 1.807) is 13.2 Å². The molecule has 298 valence electrons. The Labute approximate surface area is 329 Å². The van der Waals surface area contributed by atoms with Gasteiger partial charge in [-0.15, -0.1) is 6.58 Å². The number of rotatable bonds is 14. The molecular weight excluding hydrogens is 735 g/mol. The van der Waals surface area contributed by atoms with Crippen LogP contribution in [0.3, 0.4) is 0 Å². The first-order chi connectivity index (χ1) is 26.9. The van der Waals surface area contributed by atoms with Crippen LogP contribution < -0.4 is 14.8 Å². The first-order valence-corrected chi connectivity index (χ1v) is 20.8. The summed E-state index contributed by atoms with van der Waals surface area (Å²) >= 11 is 0. The van der Waals surface area contributed by atoms with Crippen LogP contribution in [-0.2, 0) is 30.1 Å². The highest BCUT2D eigenvalue weighted by atomic mass is 32.2. The van der Waals surface area contributed by atoms with E-state index in [1.807, 2.05) is 73.3 Å². The summed E-state index contributed by atoms with van der Waals surface area (Å²) in [5.74, 6) is -1.96. The van der Waals surface area contributed by atoms with Gasteiger partial charge in [-0.25, -0.2) is 17.7 Å². The molecule has 4 amide bonds. The third kappa shape index (κ3) is 7.98. The summed E-state index contributed by atoms with van der Waals surface area (Å²) in [7, 11) is -1.64. The molecule has 56 heavy (non-hydrogen) atoms. The molecule has 2 aromatic carbocycles. The number of pyridine rings is 1. The van der Waals surface area contributed by atoms with Crippen molar-refractivity contribution < 1.29 is 37.1 Å². The van der Waals surface area contributed by atoms with Gasteiger partial charge in [0.15, 0.2) is 0 Å². The Bertz CT molecular complexity index is 2070. The summed E-state index contributed by atoms with van der Waals surface area (Å²) in [4.78, 5) is 64.9. The summed E-state index contributed by atoms with van der Waals surface area (Å²) in [6.45, 7) is 9.00. The van der Waals surface area contributed by atoms with Gasteiger partial charge >= 0.3 is 0 Å². The van der Waals surface area contributed by atoms with Crippen LogP contribution in [0.25, 0.3) is 22.2 Å². The van der Waals surface area contributed by atoms with Gasteiger partial charge in [-0.2, -0.15) is 0 Å². The number of carbonyl (C=O) groups excluding carboxylic acids is 4. The molecule has 4 aliphatic rings. The predicted molar refractivity (Wildman–Crippen MR) is 211 cm³/mol. The maximum absolute atomic E-state index is 14.7. The van der Waals surface area contributed by atoms with Crippen molar-refractivity contribution in [3.05, 3.63) is 67.3 Å². The second-order valence-electron chi connectivity index (χ2n) is 15.9. The molecule has 1 aromatic heterocycles. The highest BCUT2D eigenvalue weighted by molar-refractivity contribution is 7.70. The largest absolute Gasteiger partial charge is 0.497 e. The third-order valence-corrected chi connectivity index (χ3v) is 12.6. The molecule has 14 heteroatoms. The van der Waals surface area contributed by atoms with Gasteiger partial charge in [-0.05, 0) is 56.6 Å². The van der Waals surface area contributed by atoms with Crippen LogP contribution in [0.15, 0.2) is 67.3 Å². The van der Waals surface area contributed by atoms with Crippen molar-refractivity contribution in [1.29, 1.82) is 0 Å². The summed E-state index contributed by atoms with van der Waals surface area (Å²) in [6.07, 6.45) is 5.24. The quantitative estimate of drug-likeness (QED) is 0.178. The minimum Gasteiger partial charge on any atom is -0.497 e. The molecule has 13 nitrogen and oxygen atoms in total. The first kappa shape index (κ1) is 39.3. The van der Waals surface area contributed by atoms with E-state index >= 15 is 0 Å². The highest BCUT2D eigenvalue weighted by Crippen LogP contribution is 2.48. The number of nitrogens with zero attached hydrogens (tertiary/aromatic N) is 4. The first-order valence-electron chi connectivity index (χ1n) is 19.7. The lowest BCUT2D eigenvalue weighted by molar-refractivity contribution is -0.147. The van der Waals surface area contributed by atoms with E-state index < -0.39 is 58.3 Å². The second-order valence-corrected chi connectivity index (χ2v) is 16.8. The molecule has 2 saturated heterocycles. The number of amides is 4. The molecule has 4 fully saturated rings. The maximum atomic E-state index is 14.7. The van der Waals surface area contributed by atoms with E-state index in [1.165, 1.54) is 4.90 Å². The van der Waals surface area contributed by atoms with Crippen LogP contribution in [0, 0.1) is 17.8 Å². The van der Waals surface area contributed by atoms with Gasteiger partial charge in [-0.3, -0.25) is 19.2 Å². The number of benzene rings is 2. The van der Waals surface area contributed by atoms with Crippen molar-refractivity contribution in [3.63, 3.8) is 0 Å². The molecular formula is C42H51N5O8S. The van der Waals surface area contributed by atoms with Crippen LogP contribution in [0.5, 0.6) is 11.5 Å². The van der Waals surface area contributed by atoms with E-state index in [9.17, 15) is 27.6 Å². The van der Waals surface area contributed by atoms with Gasteiger partial charge < -0.3 is 24.6 Å². The van der Waals surface area contributed by atoms with Gasteiger partial charge in [0.05, 0.1) is 24.9 Å². The standard InChI is InChI=1S/C42H51N5O8S/c1-5-28-24-42(28,41(51)47(56(52)53)29-14-15-29)44-39(49)36-21-31(25-46(36)40(50)33(26(2)3)22-38(48)45-18-10-7-11-19-45)55-37-23-34(27-12-8-6-9-13-27)43-35-20-30(54-4)16-17-32(35)37/h5-6,8-9,12-13,16-17,20,23,26,28-29,31,33,36,56H,1,7,10-11,14-15,18-19,21-22,24-25H2,2-4H3,(H,44,49)/t28-,31+,33-,36-,42+/m0/s1. The van der Waals surface area contributed by atoms with Crippen molar-refractivity contribution in [3.8, 4) is 22.8 Å². The smallest absolute Gasteiger partial charge is 0.262 e. The summed E-state index contributed by atoms with van der Waals surface area (Å²) in [6, 6.07) is 15.5. The Kier molecular flexibility index (Phi) is 11.4. The predicted octanol–water partition coefficient (Wildman–Crippen LogP) is 4.51. The zero-order chi connectivity index (χ0) is 39.7. The molecule has 0 unspecified atom stereocenters. The van der Waals surface area contributed by atoms with E-state index in [2.05, 4.69) is 11.9 Å². The van der Waals surface area contributed by atoms with E-state index in [0.29, 0.717) is 54.0 Å². The Hall–Kier alpha value is -4.98. The van der Waals surface area contributed by atoms with E-state index in [-0.39, 0.29) is 43.5 Å². The average molecular weight is 786 g/mol. The number of likely N-dealkylation sites (tertiary alicyclic amines) is 2. The summed E-state index contributed by atoms with van der Waals surface area (Å²) < 4.78 is 37.6. The Balaban J connectivity index is 1.21. The molecule has 7 rings (SSSR count). The lowest BCUT2D eigenvalue weighted by atomic mass is 9.89. The van der Waals surface area contributed by atoms with Gasteiger partial charge in [0.1, 0.15) is 29.2 Å². The molecule has 0 spiro atoms. The zero-order valence-electron chi connectivity index (χ0n) is 32.2. The summed E-state index contributed by atoms with van der Waals surface area (Å²) in [5, 5.41) is 3.63. The molecule has 2 saturated carbocycles. The van der Waals surface area contributed by atoms with Gasteiger partial charge in [-0.1, -0.05) is 50.3 Å². The number of methoxy groups -OCH3 is 1. The lowest BCUT2D eigenvalue weighted by Crippen LogP contribution is -2.57. The molecule has 2 aliphatic carbocycles. The molecule has 1 N–H and O–H groups in total. The third-order valence-electron chi connectivity index (χ3n) is 11.7. The van der Waals surface area contributed by atoms with E-state index in [4.69, 9.17) is 14.5 Å². The number of aromatic nitrogens is 1. The lowest BCUT2D eigenvalue weighted by Gasteiger charge is -2.33. The van der Waals surface area contributed by atoms with Crippen LogP contribution in [0.4, 0.5) is 0 Å². The van der Waals surface area contributed by atoms with Crippen molar-refractivity contribution in [2.24, 2.45) is 17.8 Å². The minimum absolute atomic E-state index is 0.0119. The number of piperidine rings is 1. The van der Waals surface area contributed by atoms with E-state index in [0.717, 1.165) is 29.1 Å². The fraction of sp³-hybridized carbons (Fsp3) is 0.500. The number of nitrogens with one attached hydrogen (secondary N) is 1. The molecule has 5 atom stereocenters. The van der Waals surface area contributed by atoms with Crippen molar-refractivity contribution in [2.75, 3.05) is 26.7 Å². The van der Waals surface area contributed by atoms with Gasteiger partial charge in [0.25, 0.3) is 5.91 Å². The molecule has 0 bridgehead atoms. The van der Waals surface area contributed by atoms with Gasteiger partial charge in [0.2, 0.25) is 28.6 Å². The number of carbonyl (C=O) groups is 4. The monoisotopic (exact) mass is 785 g/mol. The Morgan fingerprint density at radius 2 is 1.79 bits per heavy atom. The fourth-order valence-electron chi connectivity index (χ4n) is 8.21. The maximum Gasteiger partial charge on any atom is 0.262 e. The van der Waals surface area contributed by atoms with Crippen molar-refractivity contribution in [2.45, 2.75) is 88.9 Å². The SMILES string of the molecule is C=C[C@H]1C[C@]1(NC(=O)[C@@H]1C[C@@H](Oc2cc(-c3ccccc3)nc3cc(OC)ccc23)CN1C(=O)[C@@H](CC(=O)N1CCCCC1)C(C)C)C(=O)N(C1CC1)[SH](=O)=O. The Morgan fingerprint density at radius 3 is 2.41 bits per heavy atom. The van der Waals surface area contributed by atoms with Crippen LogP contribution in [0.1, 0.15) is 65.2 Å². The minimum atomic E-state index is -3.22. The number of hydrogen-bond donors (Lipinski definition) is 2. The van der Waals surface area contributed by atoms with Crippen molar-refractivity contribution >= 4 is 45.4 Å². The van der Waals surface area contributed by atoms with Crippen LogP contribution in [0.2, 0.25) is 0 Å². The Morgan fingerprint density at radius 1 is 1.05 bits per heavy atom.